The highest BCUT2D eigenvalue weighted by Crippen LogP contribution is 2.17. The van der Waals surface area contributed by atoms with Gasteiger partial charge in [-0.25, -0.2) is 0 Å². The van der Waals surface area contributed by atoms with Crippen molar-refractivity contribution in [3.63, 3.8) is 0 Å². The number of anilines is 2. The first-order valence-electron chi connectivity index (χ1n) is 7.10. The molecular weight excluding hydrogens is 430 g/mol. The highest BCUT2D eigenvalue weighted by atomic mass is 32.2. The molecule has 1 heterocycles. The van der Waals surface area contributed by atoms with Crippen LogP contribution in [0, 0.1) is 0 Å². The minimum Gasteiger partial charge on any atom is -0.353 e. The van der Waals surface area contributed by atoms with Gasteiger partial charge in [0.2, 0.25) is 17.1 Å². The highest BCUT2D eigenvalue weighted by molar-refractivity contribution is 7.94. The molecule has 1 aromatic heterocycles. The lowest BCUT2D eigenvalue weighted by atomic mass is 10.7. The molecule has 0 spiro atoms. The molecule has 0 atom stereocenters. The lowest BCUT2D eigenvalue weighted by molar-refractivity contribution is 0.148. The molecule has 0 bridgehead atoms. The van der Waals surface area contributed by atoms with Gasteiger partial charge in [-0.3, -0.25) is 18.6 Å². The number of rotatable bonds is 14. The van der Waals surface area contributed by atoms with Gasteiger partial charge < -0.3 is 15.8 Å². The Morgan fingerprint density at radius 3 is 1.89 bits per heavy atom. The third kappa shape index (κ3) is 12.6. The summed E-state index contributed by atoms with van der Waals surface area (Å²) in [5.41, 5.74) is 1.85. The molecule has 0 unspecified atom stereocenters. The van der Waals surface area contributed by atoms with Crippen molar-refractivity contribution in [3.8, 4) is 0 Å². The van der Waals surface area contributed by atoms with E-state index in [1.54, 1.807) is 0 Å². The second kappa shape index (κ2) is 11.5. The van der Waals surface area contributed by atoms with Crippen LogP contribution in [0.2, 0.25) is 0 Å². The van der Waals surface area contributed by atoms with Crippen LogP contribution in [0.15, 0.2) is 5.16 Å². The number of aromatic nitrogens is 3. The molecule has 27 heavy (non-hydrogen) atoms. The maximum atomic E-state index is 10.7. The maximum absolute atomic E-state index is 10.7. The predicted molar refractivity (Wildman–Crippen MR) is 94.4 cm³/mol. The predicted octanol–water partition coefficient (Wildman–Crippen LogP) is -2.02. The standard InChI is InChI=1S/C9H19N7O8S3/c17-13-5-10-6-24-25-9-15-7(11-1-3-26(18,19)20)14-8(16-9)12-2-4-27(21,22)23/h10,13,17H,1-6H2,(H,18,19,20)(H,21,22,23)(H2,11,12,14,15,16). The van der Waals surface area contributed by atoms with E-state index in [-0.39, 0.29) is 43.5 Å². The maximum Gasteiger partial charge on any atom is 0.266 e. The van der Waals surface area contributed by atoms with Gasteiger partial charge in [0.05, 0.1) is 30.2 Å². The fourth-order valence-corrected chi connectivity index (χ4v) is 2.58. The van der Waals surface area contributed by atoms with Gasteiger partial charge in [0, 0.05) is 13.1 Å². The van der Waals surface area contributed by atoms with Crippen LogP contribution >= 0.6 is 12.0 Å². The van der Waals surface area contributed by atoms with Crippen LogP contribution in [0.1, 0.15) is 0 Å². The smallest absolute Gasteiger partial charge is 0.266 e. The number of nitrogens with zero attached hydrogens (tertiary/aromatic N) is 3. The summed E-state index contributed by atoms with van der Waals surface area (Å²) >= 11 is 0.728. The number of nitrogens with one attached hydrogen (secondary N) is 4. The summed E-state index contributed by atoms with van der Waals surface area (Å²) in [6.45, 7) is -0.298. The first-order chi connectivity index (χ1) is 12.6. The van der Waals surface area contributed by atoms with Gasteiger partial charge in [-0.15, -0.1) is 0 Å². The van der Waals surface area contributed by atoms with Crippen molar-refractivity contribution in [1.82, 2.24) is 25.7 Å². The van der Waals surface area contributed by atoms with Crippen molar-refractivity contribution in [2.45, 2.75) is 5.16 Å². The molecule has 15 nitrogen and oxygen atoms in total. The monoisotopic (exact) mass is 449 g/mol. The summed E-state index contributed by atoms with van der Waals surface area (Å²) in [5.74, 6) is -1.28. The number of hydroxylamine groups is 1. The van der Waals surface area contributed by atoms with E-state index in [2.05, 4.69) is 30.9 Å². The Labute approximate surface area is 159 Å². The fourth-order valence-electron chi connectivity index (χ4n) is 1.37. The molecule has 7 N–H and O–H groups in total. The van der Waals surface area contributed by atoms with E-state index in [9.17, 15) is 16.8 Å². The SMILES string of the molecule is O=S(=O)(O)CCNc1nc(NCCS(=O)(=O)O)nc(SOCNCNO)n1. The molecule has 0 saturated heterocycles. The number of hydrogen-bond acceptors (Lipinski definition) is 14. The van der Waals surface area contributed by atoms with E-state index >= 15 is 0 Å². The third-order valence-corrected chi connectivity index (χ3v) is 4.41. The number of hydrogen-bond donors (Lipinski definition) is 7. The first-order valence-corrected chi connectivity index (χ1v) is 11.1. The summed E-state index contributed by atoms with van der Waals surface area (Å²) in [6, 6.07) is 0. The zero-order valence-electron chi connectivity index (χ0n) is 13.7. The average Bonchev–Trinajstić information content (AvgIpc) is 2.52. The Balaban J connectivity index is 2.73. The van der Waals surface area contributed by atoms with Gasteiger partial charge in [-0.05, 0) is 0 Å². The first kappa shape index (κ1) is 23.7. The molecule has 1 aromatic rings. The van der Waals surface area contributed by atoms with Crippen molar-refractivity contribution in [3.05, 3.63) is 0 Å². The molecule has 0 radical (unpaired) electrons. The molecule has 0 aliphatic rings. The topological polar surface area (TPSA) is 225 Å². The van der Waals surface area contributed by atoms with Gasteiger partial charge >= 0.3 is 0 Å². The van der Waals surface area contributed by atoms with Crippen LogP contribution in [-0.4, -0.2) is 84.1 Å². The summed E-state index contributed by atoms with van der Waals surface area (Å²) in [6.07, 6.45) is 0. The molecule has 0 saturated carbocycles. The quantitative estimate of drug-likeness (QED) is 0.0534. The normalized spacial score (nSPS) is 12.1. The Morgan fingerprint density at radius 1 is 0.926 bits per heavy atom. The van der Waals surface area contributed by atoms with E-state index in [4.69, 9.17) is 18.5 Å². The van der Waals surface area contributed by atoms with E-state index in [0.717, 1.165) is 12.0 Å². The molecule has 0 fully saturated rings. The summed E-state index contributed by atoms with van der Waals surface area (Å²) in [5, 5.41) is 16.2. The third-order valence-electron chi connectivity index (χ3n) is 2.40. The molecule has 18 heteroatoms. The molecule has 0 aromatic carbocycles. The van der Waals surface area contributed by atoms with Crippen LogP contribution in [0.4, 0.5) is 11.9 Å². The van der Waals surface area contributed by atoms with Gasteiger partial charge in [-0.1, -0.05) is 0 Å². The van der Waals surface area contributed by atoms with E-state index in [0.29, 0.717) is 0 Å². The van der Waals surface area contributed by atoms with Crippen molar-refractivity contribution < 1.29 is 35.3 Å². The lowest BCUT2D eigenvalue weighted by Gasteiger charge is -2.09. The Hall–Kier alpha value is -1.38. The summed E-state index contributed by atoms with van der Waals surface area (Å²) in [4.78, 5) is 11.8. The average molecular weight is 449 g/mol. The molecule has 0 amide bonds. The van der Waals surface area contributed by atoms with Gasteiger partial charge in [0.25, 0.3) is 20.2 Å². The van der Waals surface area contributed by atoms with Gasteiger partial charge in [0.1, 0.15) is 6.73 Å². The highest BCUT2D eigenvalue weighted by Gasteiger charge is 2.11. The second-order valence-corrected chi connectivity index (χ2v) is 8.53. The van der Waals surface area contributed by atoms with E-state index in [1.807, 2.05) is 5.48 Å². The minimum atomic E-state index is -4.18. The molecule has 156 valence electrons. The van der Waals surface area contributed by atoms with E-state index < -0.39 is 31.7 Å². The van der Waals surface area contributed by atoms with Crippen molar-refractivity contribution in [2.75, 3.05) is 48.6 Å². The Bertz CT molecular complexity index is 734. The fraction of sp³-hybridized carbons (Fsp3) is 0.667. The Kier molecular flexibility index (Phi) is 10.0. The second-order valence-electron chi connectivity index (χ2n) is 4.62. The van der Waals surface area contributed by atoms with Crippen LogP contribution in [0.25, 0.3) is 0 Å². The van der Waals surface area contributed by atoms with Crippen molar-refractivity contribution in [2.24, 2.45) is 0 Å². The van der Waals surface area contributed by atoms with Gasteiger partial charge in [-0.2, -0.15) is 37.3 Å². The van der Waals surface area contributed by atoms with Crippen molar-refractivity contribution in [1.29, 1.82) is 0 Å². The van der Waals surface area contributed by atoms with Gasteiger partial charge in [0.15, 0.2) is 0 Å². The van der Waals surface area contributed by atoms with Crippen molar-refractivity contribution >= 4 is 44.2 Å². The lowest BCUT2D eigenvalue weighted by Crippen LogP contribution is -2.27. The largest absolute Gasteiger partial charge is 0.353 e. The molecule has 0 aliphatic heterocycles. The minimum absolute atomic E-state index is 0.0148. The van der Waals surface area contributed by atoms with Crippen LogP contribution in [0.3, 0.4) is 0 Å². The van der Waals surface area contributed by atoms with Crippen LogP contribution in [0.5, 0.6) is 0 Å². The molecule has 0 aliphatic carbocycles. The zero-order valence-corrected chi connectivity index (χ0v) is 16.1. The molecule has 1 rings (SSSR count). The summed E-state index contributed by atoms with van der Waals surface area (Å²) in [7, 11) is -8.35. The van der Waals surface area contributed by atoms with Crippen LogP contribution < -0.4 is 21.4 Å². The Morgan fingerprint density at radius 2 is 1.44 bits per heavy atom. The van der Waals surface area contributed by atoms with Crippen LogP contribution in [-0.2, 0) is 24.4 Å². The zero-order chi connectivity index (χ0) is 20.3. The summed E-state index contributed by atoms with van der Waals surface area (Å²) < 4.78 is 65.5. The van der Waals surface area contributed by atoms with E-state index in [1.165, 1.54) is 0 Å². The molecular formula is C9H19N7O8S3.